The molecule has 0 spiro atoms. The fraction of sp³-hybridized carbons (Fsp3) is 0.316. The predicted octanol–water partition coefficient (Wildman–Crippen LogP) is 3.48. The van der Waals surface area contributed by atoms with E-state index >= 15 is 0 Å². The van der Waals surface area contributed by atoms with Gasteiger partial charge in [-0.1, -0.05) is 29.3 Å². The van der Waals surface area contributed by atoms with Crippen LogP contribution in [-0.4, -0.2) is 40.8 Å². The molecule has 0 unspecified atom stereocenters. The lowest BCUT2D eigenvalue weighted by Crippen LogP contribution is -2.47. The van der Waals surface area contributed by atoms with Crippen molar-refractivity contribution in [3.05, 3.63) is 52.0 Å². The van der Waals surface area contributed by atoms with E-state index in [9.17, 15) is 13.2 Å². The minimum atomic E-state index is -3.81. The first-order valence-electron chi connectivity index (χ1n) is 8.51. The largest absolute Gasteiger partial charge is 0.493 e. The highest BCUT2D eigenvalue weighted by Gasteiger charge is 2.30. The number of benzene rings is 2. The summed E-state index contributed by atoms with van der Waals surface area (Å²) in [5, 5.41) is 3.19. The van der Waals surface area contributed by atoms with Crippen molar-refractivity contribution in [1.29, 1.82) is 0 Å². The molecule has 1 atom stereocenters. The van der Waals surface area contributed by atoms with Gasteiger partial charge in [0.1, 0.15) is 6.04 Å². The molecular weight excluding hydrogens is 439 g/mol. The molecule has 158 valence electrons. The monoisotopic (exact) mass is 460 g/mol. The summed E-state index contributed by atoms with van der Waals surface area (Å²) in [5.74, 6) is 0.590. The summed E-state index contributed by atoms with van der Waals surface area (Å²) in [6.45, 7) is 1.65. The highest BCUT2D eigenvalue weighted by molar-refractivity contribution is 7.92. The number of nitrogens with one attached hydrogen (secondary N) is 1. The van der Waals surface area contributed by atoms with Crippen molar-refractivity contribution < 1.29 is 22.7 Å². The first-order valence-corrected chi connectivity index (χ1v) is 11.1. The number of halogens is 2. The maximum Gasteiger partial charge on any atom is 0.243 e. The molecule has 29 heavy (non-hydrogen) atoms. The molecule has 0 aliphatic heterocycles. The fourth-order valence-electron chi connectivity index (χ4n) is 2.76. The van der Waals surface area contributed by atoms with Crippen LogP contribution in [-0.2, 0) is 21.4 Å². The van der Waals surface area contributed by atoms with E-state index in [0.29, 0.717) is 16.5 Å². The quantitative estimate of drug-likeness (QED) is 0.651. The molecule has 1 N–H and O–H groups in total. The minimum Gasteiger partial charge on any atom is -0.493 e. The van der Waals surface area contributed by atoms with E-state index < -0.39 is 22.0 Å². The van der Waals surface area contributed by atoms with Crippen LogP contribution in [0.15, 0.2) is 36.4 Å². The Morgan fingerprint density at radius 2 is 1.76 bits per heavy atom. The van der Waals surface area contributed by atoms with Gasteiger partial charge in [0.05, 0.1) is 31.2 Å². The third kappa shape index (κ3) is 5.68. The van der Waals surface area contributed by atoms with Crippen LogP contribution in [0.3, 0.4) is 0 Å². The van der Waals surface area contributed by atoms with Gasteiger partial charge in [-0.15, -0.1) is 0 Å². The Morgan fingerprint density at radius 1 is 1.10 bits per heavy atom. The van der Waals surface area contributed by atoms with Crippen LogP contribution in [0.1, 0.15) is 12.5 Å². The van der Waals surface area contributed by atoms with Crippen molar-refractivity contribution in [2.75, 3.05) is 24.8 Å². The van der Waals surface area contributed by atoms with Gasteiger partial charge in [0.25, 0.3) is 0 Å². The van der Waals surface area contributed by atoms with Crippen molar-refractivity contribution in [3.8, 4) is 11.5 Å². The smallest absolute Gasteiger partial charge is 0.243 e. The Labute approximate surface area is 180 Å². The van der Waals surface area contributed by atoms with Crippen LogP contribution in [0.5, 0.6) is 11.5 Å². The van der Waals surface area contributed by atoms with E-state index in [-0.39, 0.29) is 17.3 Å². The van der Waals surface area contributed by atoms with E-state index in [1.807, 2.05) is 0 Å². The van der Waals surface area contributed by atoms with E-state index in [1.165, 1.54) is 39.3 Å². The molecule has 0 bridgehead atoms. The fourth-order valence-corrected chi connectivity index (χ4v) is 4.37. The van der Waals surface area contributed by atoms with Gasteiger partial charge in [-0.2, -0.15) is 0 Å². The van der Waals surface area contributed by atoms with Crippen LogP contribution in [0.4, 0.5) is 5.69 Å². The molecular formula is C19H22Cl2N2O5S. The summed E-state index contributed by atoms with van der Waals surface area (Å²) in [5.41, 5.74) is 0.894. The van der Waals surface area contributed by atoms with Gasteiger partial charge < -0.3 is 14.8 Å². The van der Waals surface area contributed by atoms with E-state index in [1.54, 1.807) is 18.2 Å². The number of hydrogen-bond donors (Lipinski definition) is 1. The lowest BCUT2D eigenvalue weighted by atomic mass is 10.2. The van der Waals surface area contributed by atoms with Crippen LogP contribution in [0.2, 0.25) is 10.0 Å². The normalized spacial score (nSPS) is 12.2. The van der Waals surface area contributed by atoms with Crippen LogP contribution >= 0.6 is 23.2 Å². The van der Waals surface area contributed by atoms with Crippen LogP contribution < -0.4 is 19.1 Å². The Kier molecular flexibility index (Phi) is 7.62. The molecule has 0 fully saturated rings. The molecule has 2 aromatic carbocycles. The predicted molar refractivity (Wildman–Crippen MR) is 115 cm³/mol. The zero-order valence-corrected chi connectivity index (χ0v) is 18.7. The number of nitrogens with zero attached hydrogens (tertiary/aromatic N) is 1. The van der Waals surface area contributed by atoms with Crippen molar-refractivity contribution in [2.45, 2.75) is 19.5 Å². The number of ether oxygens (including phenoxy) is 2. The maximum absolute atomic E-state index is 12.7. The molecule has 2 rings (SSSR count). The van der Waals surface area contributed by atoms with Gasteiger partial charge in [-0.25, -0.2) is 8.42 Å². The van der Waals surface area contributed by atoms with Crippen molar-refractivity contribution >= 4 is 44.8 Å². The summed E-state index contributed by atoms with van der Waals surface area (Å²) in [4.78, 5) is 12.7. The lowest BCUT2D eigenvalue weighted by Gasteiger charge is -2.29. The molecule has 2 aromatic rings. The van der Waals surface area contributed by atoms with Crippen molar-refractivity contribution in [2.24, 2.45) is 0 Å². The van der Waals surface area contributed by atoms with Gasteiger partial charge in [0.2, 0.25) is 15.9 Å². The second kappa shape index (κ2) is 9.56. The second-order valence-electron chi connectivity index (χ2n) is 6.24. The number of sulfonamides is 1. The van der Waals surface area contributed by atoms with Crippen molar-refractivity contribution in [1.82, 2.24) is 5.32 Å². The minimum absolute atomic E-state index is 0.135. The van der Waals surface area contributed by atoms with Crippen molar-refractivity contribution in [3.63, 3.8) is 0 Å². The summed E-state index contributed by atoms with van der Waals surface area (Å²) in [6, 6.07) is 8.59. The Balaban J connectivity index is 2.23. The van der Waals surface area contributed by atoms with Gasteiger partial charge in [-0.05, 0) is 42.8 Å². The number of methoxy groups -OCH3 is 2. The number of hydrogen-bond acceptors (Lipinski definition) is 5. The highest BCUT2D eigenvalue weighted by atomic mass is 35.5. The zero-order valence-electron chi connectivity index (χ0n) is 16.4. The molecule has 10 heteroatoms. The molecule has 0 aliphatic rings. The van der Waals surface area contributed by atoms with Gasteiger partial charge in [0, 0.05) is 11.6 Å². The lowest BCUT2D eigenvalue weighted by molar-refractivity contribution is -0.122. The molecule has 7 nitrogen and oxygen atoms in total. The molecule has 0 aliphatic carbocycles. The number of rotatable bonds is 8. The third-order valence-electron chi connectivity index (χ3n) is 4.15. The average Bonchev–Trinajstić information content (AvgIpc) is 2.67. The Hall–Kier alpha value is -2.16. The molecule has 0 saturated carbocycles. The SMILES string of the molecule is COc1ccc(CNC(=O)[C@H](C)N(c2cc(Cl)ccc2Cl)S(C)(=O)=O)cc1OC. The number of amides is 1. The molecule has 0 heterocycles. The zero-order chi connectivity index (χ0) is 21.8. The second-order valence-corrected chi connectivity index (χ2v) is 8.94. The number of carbonyl (C=O) groups is 1. The van der Waals surface area contributed by atoms with E-state index in [0.717, 1.165) is 16.1 Å². The third-order valence-corrected chi connectivity index (χ3v) is 5.93. The molecule has 0 saturated heterocycles. The summed E-state index contributed by atoms with van der Waals surface area (Å²) < 4.78 is 36.1. The topological polar surface area (TPSA) is 84.9 Å². The highest BCUT2D eigenvalue weighted by Crippen LogP contribution is 2.32. The summed E-state index contributed by atoms with van der Waals surface area (Å²) >= 11 is 12.1. The number of carbonyl (C=O) groups excluding carboxylic acids is 1. The van der Waals surface area contributed by atoms with Gasteiger partial charge >= 0.3 is 0 Å². The first-order chi connectivity index (χ1) is 13.6. The number of anilines is 1. The van der Waals surface area contributed by atoms with Gasteiger partial charge in [-0.3, -0.25) is 9.10 Å². The van der Waals surface area contributed by atoms with Crippen LogP contribution in [0.25, 0.3) is 0 Å². The standard InChI is InChI=1S/C19H22Cl2N2O5S/c1-12(23(29(4,25)26)16-10-14(20)6-7-15(16)21)19(24)22-11-13-5-8-17(27-2)18(9-13)28-3/h5-10,12H,11H2,1-4H3,(H,22,24)/t12-/m0/s1. The summed E-state index contributed by atoms with van der Waals surface area (Å²) in [7, 11) is -0.767. The van der Waals surface area contributed by atoms with E-state index in [4.69, 9.17) is 32.7 Å². The molecule has 0 radical (unpaired) electrons. The van der Waals surface area contributed by atoms with Crippen LogP contribution in [0, 0.1) is 0 Å². The maximum atomic E-state index is 12.7. The summed E-state index contributed by atoms with van der Waals surface area (Å²) in [6.07, 6.45) is 1.00. The Morgan fingerprint density at radius 3 is 2.34 bits per heavy atom. The molecule has 1 amide bonds. The molecule has 0 aromatic heterocycles. The van der Waals surface area contributed by atoms with E-state index in [2.05, 4.69) is 5.32 Å². The average molecular weight is 461 g/mol. The first kappa shape index (κ1) is 23.1. The van der Waals surface area contributed by atoms with Gasteiger partial charge in [0.15, 0.2) is 11.5 Å². The Bertz CT molecular complexity index is 998.